The second-order valence-corrected chi connectivity index (χ2v) is 6.18. The highest BCUT2D eigenvalue weighted by atomic mass is 19.1. The highest BCUT2D eigenvalue weighted by molar-refractivity contribution is 5.29. The molecule has 0 saturated carbocycles. The van der Waals surface area contributed by atoms with Crippen molar-refractivity contribution in [2.45, 2.75) is 25.8 Å². The van der Waals surface area contributed by atoms with Crippen molar-refractivity contribution in [2.24, 2.45) is 0 Å². The summed E-state index contributed by atoms with van der Waals surface area (Å²) in [6.45, 7) is 3.94. The Morgan fingerprint density at radius 3 is 2.42 bits per heavy atom. The van der Waals surface area contributed by atoms with Gasteiger partial charge in [0.2, 0.25) is 0 Å². The number of halogens is 1. The lowest BCUT2D eigenvalue weighted by Crippen LogP contribution is -2.82. The van der Waals surface area contributed by atoms with Crippen LogP contribution in [0.2, 0.25) is 0 Å². The smallest absolute Gasteiger partial charge is 0.123 e. The first-order chi connectivity index (χ1) is 11.7. The van der Waals surface area contributed by atoms with Crippen LogP contribution in [-0.2, 0) is 6.54 Å². The van der Waals surface area contributed by atoms with Gasteiger partial charge in [-0.3, -0.25) is 0 Å². The molecule has 2 nitrogen and oxygen atoms in total. The van der Waals surface area contributed by atoms with E-state index >= 15 is 0 Å². The van der Waals surface area contributed by atoms with Gasteiger partial charge in [-0.1, -0.05) is 42.0 Å². The summed E-state index contributed by atoms with van der Waals surface area (Å²) in [6, 6.07) is 19.4. The van der Waals surface area contributed by atoms with Gasteiger partial charge in [0.15, 0.2) is 0 Å². The van der Waals surface area contributed by atoms with Crippen LogP contribution in [0, 0.1) is 12.7 Å². The molecule has 0 unspecified atom stereocenters. The van der Waals surface area contributed by atoms with Crippen LogP contribution in [-0.4, -0.2) is 6.54 Å². The Morgan fingerprint density at radius 2 is 1.75 bits per heavy atom. The maximum Gasteiger partial charge on any atom is 0.123 e. The molecule has 0 spiro atoms. The second-order valence-electron chi connectivity index (χ2n) is 6.18. The summed E-state index contributed by atoms with van der Waals surface area (Å²) in [4.78, 5) is 0. The molecule has 2 N–H and O–H groups in total. The molecular weight excluding hydrogens is 301 g/mol. The lowest BCUT2D eigenvalue weighted by Gasteiger charge is -2.15. The Hall–Kier alpha value is -2.39. The maximum atomic E-state index is 12.9. The van der Waals surface area contributed by atoms with Crippen LogP contribution in [0.25, 0.3) is 0 Å². The Kier molecular flexibility index (Phi) is 5.44. The molecule has 2 aromatic carbocycles. The van der Waals surface area contributed by atoms with Crippen molar-refractivity contribution < 1.29 is 14.1 Å². The predicted molar refractivity (Wildman–Crippen MR) is 93.2 cm³/mol. The van der Waals surface area contributed by atoms with Crippen molar-refractivity contribution in [1.82, 2.24) is 0 Å². The van der Waals surface area contributed by atoms with Crippen molar-refractivity contribution >= 4 is 0 Å². The van der Waals surface area contributed by atoms with E-state index in [2.05, 4.69) is 36.5 Å². The van der Waals surface area contributed by atoms with Crippen LogP contribution >= 0.6 is 0 Å². The predicted octanol–water partition coefficient (Wildman–Crippen LogP) is 4.01. The zero-order valence-electron chi connectivity index (χ0n) is 13.9. The molecular formula is C21H23FNO+. The lowest BCUT2D eigenvalue weighted by atomic mass is 9.92. The van der Waals surface area contributed by atoms with Crippen molar-refractivity contribution in [1.29, 1.82) is 0 Å². The molecule has 0 saturated heterocycles. The van der Waals surface area contributed by atoms with Gasteiger partial charge in [0, 0.05) is 17.9 Å². The summed E-state index contributed by atoms with van der Waals surface area (Å²) in [5.74, 6) is 1.09. The molecule has 24 heavy (non-hydrogen) atoms. The van der Waals surface area contributed by atoms with Crippen LogP contribution < -0.4 is 5.32 Å². The van der Waals surface area contributed by atoms with E-state index in [1.54, 1.807) is 6.26 Å². The summed E-state index contributed by atoms with van der Waals surface area (Å²) in [5.41, 5.74) is 3.69. The lowest BCUT2D eigenvalue weighted by molar-refractivity contribution is -0.671. The zero-order valence-corrected chi connectivity index (χ0v) is 13.9. The molecule has 3 aromatic rings. The number of furan rings is 1. The van der Waals surface area contributed by atoms with E-state index in [-0.39, 0.29) is 11.7 Å². The Morgan fingerprint density at radius 1 is 1.00 bits per heavy atom. The standard InChI is InChI=1S/C21H22FNO/c1-16-4-8-18(9-5-16)20(21-3-2-14-24-21)12-13-23-15-17-6-10-19(22)11-7-17/h2-11,14,20,23H,12-13,15H2,1H3/p+1/t20-/m0/s1. The van der Waals surface area contributed by atoms with Gasteiger partial charge in [0.05, 0.1) is 12.8 Å². The summed E-state index contributed by atoms with van der Waals surface area (Å²) in [5, 5.41) is 2.26. The molecule has 0 radical (unpaired) electrons. The number of rotatable bonds is 7. The largest absolute Gasteiger partial charge is 0.469 e. The van der Waals surface area contributed by atoms with Crippen LogP contribution in [0.5, 0.6) is 0 Å². The molecule has 3 rings (SSSR count). The van der Waals surface area contributed by atoms with Crippen LogP contribution in [0.3, 0.4) is 0 Å². The molecule has 0 aliphatic rings. The highest BCUT2D eigenvalue weighted by Crippen LogP contribution is 2.27. The minimum atomic E-state index is -0.184. The third-order valence-electron chi connectivity index (χ3n) is 4.32. The fourth-order valence-corrected chi connectivity index (χ4v) is 2.94. The van der Waals surface area contributed by atoms with Crippen molar-refractivity contribution in [2.75, 3.05) is 6.54 Å². The number of hydrogen-bond donors (Lipinski definition) is 1. The van der Waals surface area contributed by atoms with Gasteiger partial charge in [-0.05, 0) is 36.8 Å². The van der Waals surface area contributed by atoms with E-state index < -0.39 is 0 Å². The maximum absolute atomic E-state index is 12.9. The molecule has 0 bridgehead atoms. The van der Waals surface area contributed by atoms with Crippen molar-refractivity contribution in [3.63, 3.8) is 0 Å². The number of nitrogens with two attached hydrogens (primary N) is 1. The van der Waals surface area contributed by atoms with E-state index in [9.17, 15) is 4.39 Å². The van der Waals surface area contributed by atoms with Crippen LogP contribution in [0.4, 0.5) is 4.39 Å². The molecule has 1 atom stereocenters. The fourth-order valence-electron chi connectivity index (χ4n) is 2.94. The Labute approximate surface area is 142 Å². The van der Waals surface area contributed by atoms with Gasteiger partial charge >= 0.3 is 0 Å². The monoisotopic (exact) mass is 324 g/mol. The van der Waals surface area contributed by atoms with Gasteiger partial charge in [-0.2, -0.15) is 0 Å². The van der Waals surface area contributed by atoms with E-state index in [0.29, 0.717) is 0 Å². The summed E-state index contributed by atoms with van der Waals surface area (Å²) in [6.07, 6.45) is 2.73. The van der Waals surface area contributed by atoms with Crippen LogP contribution in [0.15, 0.2) is 71.3 Å². The molecule has 124 valence electrons. The molecule has 0 amide bonds. The van der Waals surface area contributed by atoms with Gasteiger partial charge in [0.25, 0.3) is 0 Å². The van der Waals surface area contributed by atoms with Gasteiger partial charge in [-0.15, -0.1) is 0 Å². The number of hydrogen-bond acceptors (Lipinski definition) is 1. The van der Waals surface area contributed by atoms with Crippen LogP contribution in [0.1, 0.15) is 34.8 Å². The van der Waals surface area contributed by atoms with Gasteiger partial charge in [0.1, 0.15) is 18.1 Å². The number of quaternary nitrogens is 1. The third kappa shape index (κ3) is 4.33. The molecule has 0 fully saturated rings. The minimum absolute atomic E-state index is 0.184. The first-order valence-electron chi connectivity index (χ1n) is 8.38. The van der Waals surface area contributed by atoms with Gasteiger partial charge in [-0.25, -0.2) is 4.39 Å². The van der Waals surface area contributed by atoms with E-state index in [0.717, 1.165) is 30.8 Å². The SMILES string of the molecule is Cc1ccc([C@H](CC[NH2+]Cc2ccc(F)cc2)c2ccco2)cc1. The fraction of sp³-hybridized carbons (Fsp3) is 0.238. The number of aryl methyl sites for hydroxylation is 1. The topological polar surface area (TPSA) is 29.8 Å². The third-order valence-corrected chi connectivity index (χ3v) is 4.32. The Bertz CT molecular complexity index is 733. The second kappa shape index (κ2) is 7.93. The highest BCUT2D eigenvalue weighted by Gasteiger charge is 2.17. The number of benzene rings is 2. The summed E-state index contributed by atoms with van der Waals surface area (Å²) in [7, 11) is 0. The summed E-state index contributed by atoms with van der Waals surface area (Å²) < 4.78 is 18.6. The van der Waals surface area contributed by atoms with E-state index in [1.165, 1.54) is 23.3 Å². The molecule has 0 aliphatic heterocycles. The van der Waals surface area contributed by atoms with E-state index in [4.69, 9.17) is 4.42 Å². The normalized spacial score (nSPS) is 12.2. The first kappa shape index (κ1) is 16.5. The molecule has 1 aromatic heterocycles. The summed E-state index contributed by atoms with van der Waals surface area (Å²) >= 11 is 0. The van der Waals surface area contributed by atoms with Crippen molar-refractivity contribution in [3.8, 4) is 0 Å². The zero-order chi connectivity index (χ0) is 16.8. The van der Waals surface area contributed by atoms with E-state index in [1.807, 2.05) is 24.3 Å². The molecule has 3 heteroatoms. The Balaban J connectivity index is 1.60. The van der Waals surface area contributed by atoms with Gasteiger partial charge < -0.3 is 9.73 Å². The quantitative estimate of drug-likeness (QED) is 0.654. The average Bonchev–Trinajstić information content (AvgIpc) is 3.12. The first-order valence-corrected chi connectivity index (χ1v) is 8.38. The molecule has 0 aliphatic carbocycles. The van der Waals surface area contributed by atoms with Crippen molar-refractivity contribution in [3.05, 3.63) is 95.2 Å². The average molecular weight is 324 g/mol. The molecule has 1 heterocycles. The minimum Gasteiger partial charge on any atom is -0.469 e.